The quantitative estimate of drug-likeness (QED) is 0.822. The first kappa shape index (κ1) is 17.5. The molecule has 1 saturated heterocycles. The molecule has 6 nitrogen and oxygen atoms in total. The van der Waals surface area contributed by atoms with Crippen LogP contribution in [0.4, 0.5) is 11.5 Å². The summed E-state index contributed by atoms with van der Waals surface area (Å²) in [5.74, 6) is 0.995. The van der Waals surface area contributed by atoms with Crippen molar-refractivity contribution >= 4 is 17.4 Å². The number of rotatable bonds is 2. The fourth-order valence-corrected chi connectivity index (χ4v) is 3.89. The number of benzene rings is 1. The minimum atomic E-state index is -0.174. The van der Waals surface area contributed by atoms with Crippen LogP contribution in [-0.4, -0.2) is 54.6 Å². The van der Waals surface area contributed by atoms with Crippen molar-refractivity contribution in [1.29, 1.82) is 5.26 Å². The largest absolute Gasteiger partial charge is 0.340 e. The van der Waals surface area contributed by atoms with Crippen molar-refractivity contribution in [3.63, 3.8) is 0 Å². The molecule has 1 aromatic carbocycles. The van der Waals surface area contributed by atoms with Crippen molar-refractivity contribution < 1.29 is 4.79 Å². The average molecular weight is 361 g/mol. The van der Waals surface area contributed by atoms with Gasteiger partial charge in [-0.2, -0.15) is 5.26 Å². The Bertz CT molecular complexity index is 915. The molecular weight excluding hydrogens is 338 g/mol. The van der Waals surface area contributed by atoms with E-state index >= 15 is 0 Å². The van der Waals surface area contributed by atoms with E-state index in [1.165, 1.54) is 0 Å². The van der Waals surface area contributed by atoms with Gasteiger partial charge >= 0.3 is 0 Å². The maximum atomic E-state index is 13.0. The van der Waals surface area contributed by atoms with Crippen LogP contribution in [0.2, 0.25) is 0 Å². The molecule has 4 rings (SSSR count). The lowest BCUT2D eigenvalue weighted by Gasteiger charge is -2.47. The molecule has 2 aliphatic heterocycles. The van der Waals surface area contributed by atoms with Crippen LogP contribution in [0.15, 0.2) is 36.5 Å². The second-order valence-electron chi connectivity index (χ2n) is 7.45. The molecule has 1 atom stereocenters. The number of carbonyl (C=O) groups is 1. The van der Waals surface area contributed by atoms with E-state index in [4.69, 9.17) is 10.2 Å². The highest BCUT2D eigenvalue weighted by Crippen LogP contribution is 2.37. The number of aromatic nitrogens is 1. The molecule has 1 amide bonds. The van der Waals surface area contributed by atoms with Crippen molar-refractivity contribution in [2.24, 2.45) is 0 Å². The second-order valence-corrected chi connectivity index (χ2v) is 7.45. The lowest BCUT2D eigenvalue weighted by atomic mass is 10.0. The predicted molar refractivity (Wildman–Crippen MR) is 106 cm³/mol. The number of pyridine rings is 1. The molecule has 3 heterocycles. The van der Waals surface area contributed by atoms with E-state index in [0.717, 1.165) is 42.3 Å². The molecule has 1 fully saturated rings. The highest BCUT2D eigenvalue weighted by molar-refractivity contribution is 6.05. The van der Waals surface area contributed by atoms with Gasteiger partial charge in [-0.15, -0.1) is 0 Å². The van der Waals surface area contributed by atoms with E-state index in [-0.39, 0.29) is 11.9 Å². The Morgan fingerprint density at radius 1 is 1.19 bits per heavy atom. The molecule has 0 N–H and O–H groups in total. The van der Waals surface area contributed by atoms with Crippen LogP contribution in [-0.2, 0) is 4.79 Å². The number of fused-ring (bicyclic) bond motifs is 3. The van der Waals surface area contributed by atoms with Crippen molar-refractivity contribution in [2.75, 3.05) is 36.5 Å². The highest BCUT2D eigenvalue weighted by Gasteiger charge is 2.41. The number of piperazine rings is 1. The Labute approximate surface area is 159 Å². The van der Waals surface area contributed by atoms with Crippen molar-refractivity contribution in [2.45, 2.75) is 25.9 Å². The molecule has 0 aliphatic carbocycles. The average Bonchev–Trinajstić information content (AvgIpc) is 2.71. The van der Waals surface area contributed by atoms with E-state index in [1.54, 1.807) is 17.0 Å². The van der Waals surface area contributed by atoms with Gasteiger partial charge in [0.2, 0.25) is 0 Å². The molecule has 138 valence electrons. The summed E-state index contributed by atoms with van der Waals surface area (Å²) in [7, 11) is 1.83. The van der Waals surface area contributed by atoms with Crippen molar-refractivity contribution in [1.82, 2.24) is 9.88 Å². The third-order valence-corrected chi connectivity index (χ3v) is 5.59. The molecule has 6 heteroatoms. The third kappa shape index (κ3) is 2.94. The minimum Gasteiger partial charge on any atom is -0.340 e. The number of hydrogen-bond acceptors (Lipinski definition) is 5. The van der Waals surface area contributed by atoms with Crippen LogP contribution in [0.3, 0.4) is 0 Å². The van der Waals surface area contributed by atoms with Gasteiger partial charge in [0.25, 0.3) is 5.91 Å². The zero-order chi connectivity index (χ0) is 19.1. The zero-order valence-electron chi connectivity index (χ0n) is 15.9. The predicted octanol–water partition coefficient (Wildman–Crippen LogP) is 2.50. The van der Waals surface area contributed by atoms with Gasteiger partial charge in [0.1, 0.15) is 6.04 Å². The van der Waals surface area contributed by atoms with Gasteiger partial charge in [-0.3, -0.25) is 9.69 Å². The van der Waals surface area contributed by atoms with Crippen molar-refractivity contribution in [3.05, 3.63) is 42.1 Å². The van der Waals surface area contributed by atoms with Crippen LogP contribution in [0, 0.1) is 11.3 Å². The fourth-order valence-electron chi connectivity index (χ4n) is 3.89. The van der Waals surface area contributed by atoms with E-state index in [1.807, 2.05) is 31.4 Å². The number of amides is 1. The number of anilines is 2. The summed E-state index contributed by atoms with van der Waals surface area (Å²) < 4.78 is 0. The summed E-state index contributed by atoms with van der Waals surface area (Å²) in [6.45, 7) is 6.81. The molecule has 27 heavy (non-hydrogen) atoms. The van der Waals surface area contributed by atoms with Gasteiger partial charge in [0, 0.05) is 44.5 Å². The van der Waals surface area contributed by atoms with Crippen molar-refractivity contribution in [3.8, 4) is 17.2 Å². The molecule has 2 aromatic rings. The number of nitrogens with zero attached hydrogens (tertiary/aromatic N) is 5. The Morgan fingerprint density at radius 3 is 2.59 bits per heavy atom. The second kappa shape index (κ2) is 6.67. The highest BCUT2D eigenvalue weighted by atomic mass is 16.2. The summed E-state index contributed by atoms with van der Waals surface area (Å²) in [5.41, 5.74) is 3.40. The van der Waals surface area contributed by atoms with Gasteiger partial charge in [-0.25, -0.2) is 4.98 Å². The van der Waals surface area contributed by atoms with Gasteiger partial charge in [-0.05, 0) is 37.6 Å². The van der Waals surface area contributed by atoms with E-state index in [9.17, 15) is 4.79 Å². The summed E-state index contributed by atoms with van der Waals surface area (Å²) in [4.78, 5) is 24.0. The standard InChI is InChI=1S/C21H23N5O/c1-14(2)25-8-9-26-19(13-25)21(27)24(3)18-10-17(12-23-20(18)26)16-6-4-15(11-22)5-7-16/h4-7,10,12,14,19H,8-9,13H2,1-3H3/t19-/m0/s1. The Balaban J connectivity index is 1.70. The summed E-state index contributed by atoms with van der Waals surface area (Å²) in [6, 6.07) is 11.8. The van der Waals surface area contributed by atoms with E-state index in [0.29, 0.717) is 11.6 Å². The van der Waals surface area contributed by atoms with E-state index < -0.39 is 0 Å². The first-order valence-corrected chi connectivity index (χ1v) is 9.28. The smallest absolute Gasteiger partial charge is 0.250 e. The zero-order valence-corrected chi connectivity index (χ0v) is 15.9. The molecule has 1 aromatic heterocycles. The maximum absolute atomic E-state index is 13.0. The molecular formula is C21H23N5O. The van der Waals surface area contributed by atoms with Gasteiger partial charge in [0.05, 0.1) is 17.3 Å². The summed E-state index contributed by atoms with van der Waals surface area (Å²) in [5, 5.41) is 8.97. The SMILES string of the molecule is CC(C)N1CCN2c3ncc(-c4ccc(C#N)cc4)cc3N(C)C(=O)[C@@H]2C1. The Hall–Kier alpha value is -2.91. The Morgan fingerprint density at radius 2 is 1.93 bits per heavy atom. The number of likely N-dealkylation sites (N-methyl/N-ethyl adjacent to an activating group) is 1. The van der Waals surface area contributed by atoms with Gasteiger partial charge in [-0.1, -0.05) is 12.1 Å². The molecule has 2 aliphatic rings. The lowest BCUT2D eigenvalue weighted by molar-refractivity contribution is -0.121. The molecule has 0 unspecified atom stereocenters. The van der Waals surface area contributed by atoms with Crippen LogP contribution in [0.25, 0.3) is 11.1 Å². The first-order chi connectivity index (χ1) is 13.0. The van der Waals surface area contributed by atoms with Crippen LogP contribution in [0.1, 0.15) is 19.4 Å². The summed E-state index contributed by atoms with van der Waals surface area (Å²) in [6.07, 6.45) is 1.86. The summed E-state index contributed by atoms with van der Waals surface area (Å²) >= 11 is 0. The third-order valence-electron chi connectivity index (χ3n) is 5.59. The Kier molecular flexibility index (Phi) is 4.33. The van der Waals surface area contributed by atoms with Gasteiger partial charge < -0.3 is 9.80 Å². The first-order valence-electron chi connectivity index (χ1n) is 9.28. The molecule has 0 bridgehead atoms. The topological polar surface area (TPSA) is 63.5 Å². The molecule has 0 radical (unpaired) electrons. The lowest BCUT2D eigenvalue weighted by Crippen LogP contribution is -2.63. The monoisotopic (exact) mass is 361 g/mol. The van der Waals surface area contributed by atoms with Gasteiger partial charge in [0.15, 0.2) is 5.82 Å². The van der Waals surface area contributed by atoms with Crippen LogP contribution >= 0.6 is 0 Å². The van der Waals surface area contributed by atoms with Crippen LogP contribution in [0.5, 0.6) is 0 Å². The maximum Gasteiger partial charge on any atom is 0.250 e. The number of carbonyl (C=O) groups excluding carboxylic acids is 1. The van der Waals surface area contributed by atoms with E-state index in [2.05, 4.69) is 29.7 Å². The minimum absolute atomic E-state index is 0.117. The normalized spacial score (nSPS) is 19.7. The van der Waals surface area contributed by atoms with Crippen LogP contribution < -0.4 is 9.80 Å². The number of nitriles is 1. The molecule has 0 spiro atoms. The molecule has 0 saturated carbocycles. The fraction of sp³-hybridized carbons (Fsp3) is 0.381. The number of hydrogen-bond donors (Lipinski definition) is 0.